The van der Waals surface area contributed by atoms with E-state index in [2.05, 4.69) is 48.5 Å². The molecule has 2 heteroatoms. The average Bonchev–Trinajstić information content (AvgIpc) is 2.75. The summed E-state index contributed by atoms with van der Waals surface area (Å²) in [6.07, 6.45) is 3.57. The minimum Gasteiger partial charge on any atom is -0.390 e. The van der Waals surface area contributed by atoms with Crippen LogP contribution in [0.5, 0.6) is 0 Å². The predicted molar refractivity (Wildman–Crippen MR) is 91.5 cm³/mol. The maximum Gasteiger partial charge on any atom is 0.0836 e. The largest absolute Gasteiger partial charge is 0.390 e. The first-order valence-corrected chi connectivity index (χ1v) is 8.77. The number of hydrogen-bond donors (Lipinski definition) is 2. The van der Waals surface area contributed by atoms with E-state index >= 15 is 0 Å². The van der Waals surface area contributed by atoms with Gasteiger partial charge in [-0.2, -0.15) is 0 Å². The van der Waals surface area contributed by atoms with Gasteiger partial charge in [-0.1, -0.05) is 55.0 Å². The van der Waals surface area contributed by atoms with Gasteiger partial charge < -0.3 is 10.2 Å². The standard InChI is InChI=1S/C21H24O2/c22-19-11-5-10-18(21(19)23)20-16-8-3-1-6-14(16)12-13-15-7-2-4-9-17(15)20/h1-4,6-9,18-23H,5,10-13H2/t18?,19-,21+/m0/s1. The number of aliphatic hydroxyl groups is 2. The quantitative estimate of drug-likeness (QED) is 0.847. The van der Waals surface area contributed by atoms with Crippen LogP contribution < -0.4 is 0 Å². The van der Waals surface area contributed by atoms with E-state index in [1.54, 1.807) is 0 Å². The van der Waals surface area contributed by atoms with E-state index in [1.807, 2.05) is 0 Å². The van der Waals surface area contributed by atoms with Crippen LogP contribution in [0.1, 0.15) is 47.4 Å². The molecule has 0 saturated heterocycles. The molecule has 2 aliphatic rings. The first-order valence-electron chi connectivity index (χ1n) is 8.77. The van der Waals surface area contributed by atoms with Crippen LogP contribution in [0.25, 0.3) is 0 Å². The van der Waals surface area contributed by atoms with Crippen molar-refractivity contribution in [1.29, 1.82) is 0 Å². The summed E-state index contributed by atoms with van der Waals surface area (Å²) in [5.41, 5.74) is 5.47. The zero-order valence-corrected chi connectivity index (χ0v) is 13.4. The Morgan fingerprint density at radius 2 is 1.30 bits per heavy atom. The van der Waals surface area contributed by atoms with Crippen molar-refractivity contribution < 1.29 is 10.2 Å². The van der Waals surface area contributed by atoms with E-state index in [-0.39, 0.29) is 11.8 Å². The van der Waals surface area contributed by atoms with Gasteiger partial charge in [0.2, 0.25) is 0 Å². The summed E-state index contributed by atoms with van der Waals surface area (Å²) in [6.45, 7) is 0. The van der Waals surface area contributed by atoms with Gasteiger partial charge in [0.05, 0.1) is 12.2 Å². The molecule has 2 aliphatic carbocycles. The normalized spacial score (nSPS) is 27.8. The Hall–Kier alpha value is -1.64. The molecule has 120 valence electrons. The highest BCUT2D eigenvalue weighted by Gasteiger charge is 2.39. The first kappa shape index (κ1) is 14.9. The summed E-state index contributed by atoms with van der Waals surface area (Å²) in [4.78, 5) is 0. The van der Waals surface area contributed by atoms with Crippen molar-refractivity contribution in [2.45, 2.75) is 50.2 Å². The van der Waals surface area contributed by atoms with Crippen LogP contribution in [0, 0.1) is 5.92 Å². The van der Waals surface area contributed by atoms with Crippen LogP contribution in [0.15, 0.2) is 48.5 Å². The van der Waals surface area contributed by atoms with Gasteiger partial charge in [-0.25, -0.2) is 0 Å². The fourth-order valence-electron chi connectivity index (χ4n) is 4.58. The molecule has 1 unspecified atom stereocenters. The van der Waals surface area contributed by atoms with E-state index in [1.165, 1.54) is 22.3 Å². The predicted octanol–water partition coefficient (Wildman–Crippen LogP) is 3.44. The summed E-state index contributed by atoms with van der Waals surface area (Å²) in [7, 11) is 0. The molecular formula is C21H24O2. The van der Waals surface area contributed by atoms with Crippen LogP contribution in [0.4, 0.5) is 0 Å². The Morgan fingerprint density at radius 1 is 0.739 bits per heavy atom. The lowest BCUT2D eigenvalue weighted by Crippen LogP contribution is -2.40. The lowest BCUT2D eigenvalue weighted by atomic mass is 9.70. The SMILES string of the molecule is O[C@@H]1C(C2c3ccccc3CCc3ccccc32)CCC[C@@H]1O. The van der Waals surface area contributed by atoms with Gasteiger partial charge in [0.1, 0.15) is 0 Å². The first-order chi connectivity index (χ1) is 11.3. The van der Waals surface area contributed by atoms with Crippen molar-refractivity contribution in [3.63, 3.8) is 0 Å². The number of benzene rings is 2. The second-order valence-electron chi connectivity index (χ2n) is 7.03. The molecule has 2 nitrogen and oxygen atoms in total. The summed E-state index contributed by atoms with van der Waals surface area (Å²) in [6, 6.07) is 17.3. The monoisotopic (exact) mass is 308 g/mol. The molecule has 0 heterocycles. The van der Waals surface area contributed by atoms with Gasteiger partial charge >= 0.3 is 0 Å². The Morgan fingerprint density at radius 3 is 1.91 bits per heavy atom. The van der Waals surface area contributed by atoms with E-state index < -0.39 is 12.2 Å². The van der Waals surface area contributed by atoms with Crippen molar-refractivity contribution in [3.05, 3.63) is 70.8 Å². The molecule has 3 atom stereocenters. The third kappa shape index (κ3) is 2.60. The molecule has 1 saturated carbocycles. The van der Waals surface area contributed by atoms with Crippen LogP contribution in [0.3, 0.4) is 0 Å². The highest BCUT2D eigenvalue weighted by Crippen LogP contribution is 2.44. The Kier molecular flexibility index (Phi) is 3.96. The molecule has 1 fully saturated rings. The summed E-state index contributed by atoms with van der Waals surface area (Å²) in [5, 5.41) is 20.9. The average molecular weight is 308 g/mol. The molecule has 0 spiro atoms. The van der Waals surface area contributed by atoms with Crippen molar-refractivity contribution >= 4 is 0 Å². The maximum absolute atomic E-state index is 10.7. The number of fused-ring (bicyclic) bond motifs is 2. The molecule has 2 N–H and O–H groups in total. The third-order valence-corrected chi connectivity index (χ3v) is 5.74. The van der Waals surface area contributed by atoms with Gasteiger partial charge in [-0.05, 0) is 53.9 Å². The lowest BCUT2D eigenvalue weighted by molar-refractivity contribution is -0.0489. The summed E-state index contributed by atoms with van der Waals surface area (Å²) < 4.78 is 0. The molecule has 0 amide bonds. The number of hydrogen-bond acceptors (Lipinski definition) is 2. The minimum absolute atomic E-state index is 0.0964. The fraction of sp³-hybridized carbons (Fsp3) is 0.429. The number of aliphatic hydroxyl groups excluding tert-OH is 2. The van der Waals surface area contributed by atoms with Crippen molar-refractivity contribution in [2.24, 2.45) is 5.92 Å². The summed E-state index contributed by atoms with van der Waals surface area (Å²) in [5.74, 6) is 0.286. The number of rotatable bonds is 1. The molecule has 0 bridgehead atoms. The van der Waals surface area contributed by atoms with Gasteiger partial charge in [-0.15, -0.1) is 0 Å². The van der Waals surface area contributed by atoms with Crippen LogP contribution >= 0.6 is 0 Å². The molecule has 23 heavy (non-hydrogen) atoms. The van der Waals surface area contributed by atoms with Crippen LogP contribution in [0.2, 0.25) is 0 Å². The smallest absolute Gasteiger partial charge is 0.0836 e. The van der Waals surface area contributed by atoms with Gasteiger partial charge in [0.25, 0.3) is 0 Å². The Labute approximate surface area is 137 Å². The fourth-order valence-corrected chi connectivity index (χ4v) is 4.58. The third-order valence-electron chi connectivity index (χ3n) is 5.74. The van der Waals surface area contributed by atoms with Crippen molar-refractivity contribution in [3.8, 4) is 0 Å². The molecule has 2 aromatic carbocycles. The van der Waals surface area contributed by atoms with Crippen LogP contribution in [-0.2, 0) is 12.8 Å². The lowest BCUT2D eigenvalue weighted by Gasteiger charge is -2.38. The van der Waals surface area contributed by atoms with Gasteiger partial charge in [0.15, 0.2) is 0 Å². The van der Waals surface area contributed by atoms with Crippen molar-refractivity contribution in [2.75, 3.05) is 0 Å². The molecule has 0 radical (unpaired) electrons. The molecule has 2 aromatic rings. The van der Waals surface area contributed by atoms with E-state index in [9.17, 15) is 10.2 Å². The molecule has 0 aliphatic heterocycles. The highest BCUT2D eigenvalue weighted by atomic mass is 16.3. The molecule has 0 aromatic heterocycles. The zero-order valence-electron chi connectivity index (χ0n) is 13.4. The van der Waals surface area contributed by atoms with E-state index in [0.29, 0.717) is 6.42 Å². The zero-order chi connectivity index (χ0) is 15.8. The Balaban J connectivity index is 1.86. The maximum atomic E-state index is 10.7. The number of aryl methyl sites for hydroxylation is 2. The second kappa shape index (κ2) is 6.10. The van der Waals surface area contributed by atoms with Gasteiger partial charge in [-0.3, -0.25) is 0 Å². The second-order valence-corrected chi connectivity index (χ2v) is 7.03. The summed E-state index contributed by atoms with van der Waals surface area (Å²) >= 11 is 0. The molecule has 4 rings (SSSR count). The van der Waals surface area contributed by atoms with Crippen LogP contribution in [-0.4, -0.2) is 22.4 Å². The minimum atomic E-state index is -0.632. The van der Waals surface area contributed by atoms with Crippen molar-refractivity contribution in [1.82, 2.24) is 0 Å². The molecular weight excluding hydrogens is 284 g/mol. The topological polar surface area (TPSA) is 40.5 Å². The van der Waals surface area contributed by atoms with Gasteiger partial charge in [0, 0.05) is 5.92 Å². The Bertz CT molecular complexity index is 646. The van der Waals surface area contributed by atoms with E-state index in [0.717, 1.165) is 25.7 Å². The van der Waals surface area contributed by atoms with E-state index in [4.69, 9.17) is 0 Å². The highest BCUT2D eigenvalue weighted by molar-refractivity contribution is 5.45.